The van der Waals surface area contributed by atoms with Crippen molar-refractivity contribution in [2.24, 2.45) is 0 Å². The predicted octanol–water partition coefficient (Wildman–Crippen LogP) is -1.50. The quantitative estimate of drug-likeness (QED) is 0.459. The van der Waals surface area contributed by atoms with Crippen molar-refractivity contribution in [2.75, 3.05) is 19.3 Å². The molecular formula is C8H16N2O5S. The van der Waals surface area contributed by atoms with Gasteiger partial charge in [-0.2, -0.15) is 0 Å². The van der Waals surface area contributed by atoms with Crippen LogP contribution in [0, 0.1) is 0 Å². The van der Waals surface area contributed by atoms with Crippen LogP contribution in [0.3, 0.4) is 0 Å². The molecule has 2 unspecified atom stereocenters. The van der Waals surface area contributed by atoms with E-state index in [4.69, 9.17) is 10.2 Å². The molecule has 0 spiro atoms. The lowest BCUT2D eigenvalue weighted by Gasteiger charge is -2.11. The van der Waals surface area contributed by atoms with Crippen molar-refractivity contribution >= 4 is 22.8 Å². The number of aliphatic hydroxyl groups excluding tert-OH is 1. The van der Waals surface area contributed by atoms with E-state index < -0.39 is 28.9 Å². The van der Waals surface area contributed by atoms with Gasteiger partial charge in [0.15, 0.2) is 6.10 Å². The molecule has 0 aliphatic carbocycles. The van der Waals surface area contributed by atoms with Crippen LogP contribution in [0.1, 0.15) is 6.92 Å². The van der Waals surface area contributed by atoms with Gasteiger partial charge in [-0.25, -0.2) is 9.59 Å². The number of aliphatic hydroxyl groups is 1. The molecule has 0 saturated heterocycles. The summed E-state index contributed by atoms with van der Waals surface area (Å²) in [6.07, 6.45) is -0.0956. The van der Waals surface area contributed by atoms with E-state index in [-0.39, 0.29) is 18.3 Å². The summed E-state index contributed by atoms with van der Waals surface area (Å²) in [5.41, 5.74) is 0. The molecule has 0 bridgehead atoms. The number of rotatable bonds is 6. The highest BCUT2D eigenvalue weighted by Crippen LogP contribution is 1.89. The number of carbonyl (C=O) groups excluding carboxylic acids is 1. The average Bonchev–Trinajstić information content (AvgIpc) is 2.21. The van der Waals surface area contributed by atoms with Crippen LogP contribution in [-0.2, 0) is 15.6 Å². The Balaban J connectivity index is 3.75. The minimum atomic E-state index is -1.62. The molecule has 16 heavy (non-hydrogen) atoms. The molecule has 0 aliphatic rings. The van der Waals surface area contributed by atoms with E-state index in [0.717, 1.165) is 0 Å². The minimum absolute atomic E-state index is 0.185. The number of carboxylic acid groups (broad SMARTS) is 1. The number of hydrogen-bond donors (Lipinski definition) is 4. The van der Waals surface area contributed by atoms with Crippen molar-refractivity contribution in [2.45, 2.75) is 18.3 Å². The maximum Gasteiger partial charge on any atom is 0.334 e. The van der Waals surface area contributed by atoms with Crippen LogP contribution in [0.5, 0.6) is 0 Å². The monoisotopic (exact) mass is 252 g/mol. The third-order valence-electron chi connectivity index (χ3n) is 1.86. The fourth-order valence-corrected chi connectivity index (χ4v) is 1.01. The van der Waals surface area contributed by atoms with Gasteiger partial charge in [0.25, 0.3) is 0 Å². The van der Waals surface area contributed by atoms with E-state index in [9.17, 15) is 13.8 Å². The highest BCUT2D eigenvalue weighted by atomic mass is 32.2. The van der Waals surface area contributed by atoms with E-state index in [1.807, 2.05) is 0 Å². The lowest BCUT2D eigenvalue weighted by atomic mass is 10.3. The summed E-state index contributed by atoms with van der Waals surface area (Å²) >= 11 is 0. The Morgan fingerprint density at radius 1 is 1.31 bits per heavy atom. The van der Waals surface area contributed by atoms with Gasteiger partial charge in [-0.1, -0.05) is 0 Å². The molecule has 0 aromatic carbocycles. The van der Waals surface area contributed by atoms with E-state index in [1.165, 1.54) is 6.26 Å². The molecule has 3 atom stereocenters. The van der Waals surface area contributed by atoms with Gasteiger partial charge in [0.2, 0.25) is 0 Å². The predicted molar refractivity (Wildman–Crippen MR) is 58.6 cm³/mol. The largest absolute Gasteiger partial charge is 0.479 e. The zero-order chi connectivity index (χ0) is 12.7. The maximum atomic E-state index is 11.1. The Kier molecular flexibility index (Phi) is 6.66. The molecule has 2 amide bonds. The van der Waals surface area contributed by atoms with Gasteiger partial charge in [-0.3, -0.25) is 4.21 Å². The van der Waals surface area contributed by atoms with Gasteiger partial charge in [0.05, 0.1) is 6.54 Å². The summed E-state index contributed by atoms with van der Waals surface area (Å²) in [5.74, 6) is -1.40. The second-order valence-corrected chi connectivity index (χ2v) is 5.06. The Hall–Kier alpha value is -1.15. The Morgan fingerprint density at radius 3 is 2.25 bits per heavy atom. The number of carboxylic acids is 1. The number of nitrogens with one attached hydrogen (secondary N) is 2. The van der Waals surface area contributed by atoms with Crippen LogP contribution in [-0.4, -0.2) is 57.1 Å². The van der Waals surface area contributed by atoms with Gasteiger partial charge in [0.1, 0.15) is 0 Å². The van der Waals surface area contributed by atoms with Crippen molar-refractivity contribution in [3.63, 3.8) is 0 Å². The molecule has 4 N–H and O–H groups in total. The van der Waals surface area contributed by atoms with Gasteiger partial charge in [0, 0.05) is 28.9 Å². The summed E-state index contributed by atoms with van der Waals surface area (Å²) in [5, 5.41) is 21.6. The number of amides is 2. The molecule has 94 valence electrons. The van der Waals surface area contributed by atoms with Crippen molar-refractivity contribution in [3.8, 4) is 0 Å². The molecule has 0 radical (unpaired) electrons. The summed E-state index contributed by atoms with van der Waals surface area (Å²) in [7, 11) is -1.03. The summed E-state index contributed by atoms with van der Waals surface area (Å²) in [4.78, 5) is 21.3. The molecular weight excluding hydrogens is 236 g/mol. The lowest BCUT2D eigenvalue weighted by Crippen LogP contribution is -2.44. The average molecular weight is 252 g/mol. The Labute approximate surface area is 95.7 Å². The molecule has 0 fully saturated rings. The molecule has 0 saturated carbocycles. The van der Waals surface area contributed by atoms with Crippen molar-refractivity contribution in [1.82, 2.24) is 10.6 Å². The maximum absolute atomic E-state index is 11.1. The highest BCUT2D eigenvalue weighted by molar-refractivity contribution is 7.84. The van der Waals surface area contributed by atoms with Gasteiger partial charge < -0.3 is 20.8 Å². The Morgan fingerprint density at radius 2 is 1.81 bits per heavy atom. The van der Waals surface area contributed by atoms with Crippen molar-refractivity contribution in [1.29, 1.82) is 0 Å². The van der Waals surface area contributed by atoms with Gasteiger partial charge >= 0.3 is 12.0 Å². The number of aliphatic carboxylic acids is 1. The smallest absolute Gasteiger partial charge is 0.334 e. The van der Waals surface area contributed by atoms with E-state index in [1.54, 1.807) is 6.92 Å². The highest BCUT2D eigenvalue weighted by Gasteiger charge is 2.14. The van der Waals surface area contributed by atoms with Crippen LogP contribution in [0.15, 0.2) is 0 Å². The zero-order valence-corrected chi connectivity index (χ0v) is 9.91. The first kappa shape index (κ1) is 14.8. The Bertz CT molecular complexity index is 258. The zero-order valence-electron chi connectivity index (χ0n) is 9.10. The number of urea groups is 1. The molecule has 0 heterocycles. The first-order valence-electron chi connectivity index (χ1n) is 4.59. The van der Waals surface area contributed by atoms with Gasteiger partial charge in [-0.05, 0) is 6.92 Å². The lowest BCUT2D eigenvalue weighted by molar-refractivity contribution is -0.146. The second-order valence-electron chi connectivity index (χ2n) is 3.25. The summed E-state index contributed by atoms with van der Waals surface area (Å²) in [6.45, 7) is 1.56. The van der Waals surface area contributed by atoms with Crippen molar-refractivity contribution < 1.29 is 24.0 Å². The normalized spacial score (nSPS) is 15.9. The van der Waals surface area contributed by atoms with Gasteiger partial charge in [-0.15, -0.1) is 0 Å². The first-order chi connectivity index (χ1) is 7.34. The van der Waals surface area contributed by atoms with Crippen LogP contribution < -0.4 is 10.6 Å². The van der Waals surface area contributed by atoms with Crippen LogP contribution in [0.25, 0.3) is 0 Å². The first-order valence-corrected chi connectivity index (χ1v) is 6.21. The summed E-state index contributed by atoms with van der Waals surface area (Å²) in [6, 6.07) is -0.599. The van der Waals surface area contributed by atoms with E-state index >= 15 is 0 Å². The van der Waals surface area contributed by atoms with E-state index in [2.05, 4.69) is 10.6 Å². The SMILES string of the molecule is CC(CNC(=O)NC[C@H](O)C(=O)O)S(C)=O. The van der Waals surface area contributed by atoms with Crippen LogP contribution in [0.4, 0.5) is 4.79 Å². The number of carbonyl (C=O) groups is 2. The molecule has 0 aliphatic heterocycles. The van der Waals surface area contributed by atoms with E-state index in [0.29, 0.717) is 0 Å². The minimum Gasteiger partial charge on any atom is -0.479 e. The molecule has 0 rings (SSSR count). The third kappa shape index (κ3) is 6.36. The third-order valence-corrected chi connectivity index (χ3v) is 3.16. The van der Waals surface area contributed by atoms with Crippen molar-refractivity contribution in [3.05, 3.63) is 0 Å². The molecule has 0 aromatic rings. The van der Waals surface area contributed by atoms with Crippen LogP contribution >= 0.6 is 0 Å². The standard InChI is InChI=1S/C8H16N2O5S/c1-5(16(2)15)3-9-8(14)10-4-6(11)7(12)13/h5-6,11H,3-4H2,1-2H3,(H,12,13)(H2,9,10,14)/t5?,6-,16?/m0/s1. The topological polar surface area (TPSA) is 116 Å². The molecule has 0 aromatic heterocycles. The fraction of sp³-hybridized carbons (Fsp3) is 0.750. The fourth-order valence-electron chi connectivity index (χ4n) is 0.693. The summed E-state index contributed by atoms with van der Waals surface area (Å²) < 4.78 is 10.9. The molecule has 8 heteroatoms. The van der Waals surface area contributed by atoms with Crippen LogP contribution in [0.2, 0.25) is 0 Å². The number of hydrogen-bond acceptors (Lipinski definition) is 4. The molecule has 7 nitrogen and oxygen atoms in total. The second kappa shape index (κ2) is 7.18.